The van der Waals surface area contributed by atoms with Crippen LogP contribution >= 0.6 is 0 Å². The smallest absolute Gasteiger partial charge is 0.139 e. The van der Waals surface area contributed by atoms with Crippen LogP contribution in [-0.2, 0) is 0 Å². The fraction of sp³-hybridized carbons (Fsp3) is 0.500. The van der Waals surface area contributed by atoms with Gasteiger partial charge in [0.25, 0.3) is 0 Å². The molecule has 0 aromatic carbocycles. The van der Waals surface area contributed by atoms with Crippen molar-refractivity contribution < 1.29 is 4.42 Å². The summed E-state index contributed by atoms with van der Waals surface area (Å²) in [5, 5.41) is 4.66. The van der Waals surface area contributed by atoms with E-state index in [1.165, 1.54) is 19.3 Å². The number of fused-ring (bicyclic) bond motifs is 1. The zero-order valence-electron chi connectivity index (χ0n) is 10.7. The molecule has 0 bridgehead atoms. The second kappa shape index (κ2) is 4.98. The van der Waals surface area contributed by atoms with Gasteiger partial charge >= 0.3 is 0 Å². The van der Waals surface area contributed by atoms with E-state index in [0.717, 1.165) is 29.9 Å². The number of anilines is 1. The van der Waals surface area contributed by atoms with Crippen molar-refractivity contribution in [1.82, 2.24) is 10.3 Å². The molecule has 3 rings (SSSR count). The van der Waals surface area contributed by atoms with Gasteiger partial charge in [-0.05, 0) is 31.5 Å². The van der Waals surface area contributed by atoms with E-state index >= 15 is 0 Å². The van der Waals surface area contributed by atoms with Gasteiger partial charge in [-0.25, -0.2) is 4.98 Å². The summed E-state index contributed by atoms with van der Waals surface area (Å²) in [6.07, 6.45) is 7.42. The molecule has 3 heterocycles. The number of likely N-dealkylation sites (N-methyl/N-ethyl adjacent to an activating group) is 1. The minimum Gasteiger partial charge on any atom is -0.464 e. The van der Waals surface area contributed by atoms with E-state index in [1.54, 1.807) is 6.26 Å². The maximum Gasteiger partial charge on any atom is 0.139 e. The van der Waals surface area contributed by atoms with E-state index in [4.69, 9.17) is 4.42 Å². The first-order valence-electron chi connectivity index (χ1n) is 6.61. The third kappa shape index (κ3) is 2.20. The van der Waals surface area contributed by atoms with Gasteiger partial charge in [0.1, 0.15) is 11.4 Å². The summed E-state index contributed by atoms with van der Waals surface area (Å²) >= 11 is 0. The second-order valence-electron chi connectivity index (χ2n) is 4.99. The first-order chi connectivity index (χ1) is 8.84. The summed E-state index contributed by atoms with van der Waals surface area (Å²) in [6, 6.07) is 4.47. The molecule has 1 saturated heterocycles. The number of rotatable bonds is 3. The number of hydrogen-bond donors (Lipinski definition) is 1. The second-order valence-corrected chi connectivity index (χ2v) is 4.99. The summed E-state index contributed by atoms with van der Waals surface area (Å²) in [6.45, 7) is 2.14. The van der Waals surface area contributed by atoms with Gasteiger partial charge in [-0.1, -0.05) is 6.42 Å². The molecule has 96 valence electrons. The minimum absolute atomic E-state index is 0.577. The molecule has 0 spiro atoms. The van der Waals surface area contributed by atoms with Crippen LogP contribution in [0, 0.1) is 0 Å². The molecule has 1 unspecified atom stereocenters. The van der Waals surface area contributed by atoms with Crippen molar-refractivity contribution in [1.29, 1.82) is 0 Å². The molecule has 0 amide bonds. The average molecular weight is 245 g/mol. The van der Waals surface area contributed by atoms with Gasteiger partial charge in [-0.3, -0.25) is 0 Å². The van der Waals surface area contributed by atoms with Crippen molar-refractivity contribution in [2.75, 3.05) is 25.0 Å². The van der Waals surface area contributed by atoms with Crippen LogP contribution in [0.4, 0.5) is 5.82 Å². The lowest BCUT2D eigenvalue weighted by molar-refractivity contribution is 0.403. The quantitative estimate of drug-likeness (QED) is 0.901. The van der Waals surface area contributed by atoms with Crippen molar-refractivity contribution in [3.05, 3.63) is 24.6 Å². The van der Waals surface area contributed by atoms with Crippen LogP contribution in [0.3, 0.4) is 0 Å². The van der Waals surface area contributed by atoms with E-state index in [1.807, 2.05) is 18.3 Å². The molecule has 1 N–H and O–H groups in total. The third-order valence-electron chi connectivity index (χ3n) is 3.63. The fourth-order valence-electron chi connectivity index (χ4n) is 2.68. The molecular weight excluding hydrogens is 226 g/mol. The lowest BCUT2D eigenvalue weighted by atomic mass is 10.0. The molecule has 1 aliphatic rings. The maximum absolute atomic E-state index is 5.42. The first-order valence-corrected chi connectivity index (χ1v) is 6.61. The maximum atomic E-state index is 5.42. The van der Waals surface area contributed by atoms with E-state index in [-0.39, 0.29) is 0 Å². The van der Waals surface area contributed by atoms with E-state index in [0.29, 0.717) is 6.04 Å². The number of piperidine rings is 1. The predicted molar refractivity (Wildman–Crippen MR) is 72.9 cm³/mol. The van der Waals surface area contributed by atoms with Gasteiger partial charge < -0.3 is 14.6 Å². The lowest BCUT2D eigenvalue weighted by Crippen LogP contribution is -2.42. The van der Waals surface area contributed by atoms with E-state index in [9.17, 15) is 0 Å². The summed E-state index contributed by atoms with van der Waals surface area (Å²) in [5.74, 6) is 1.01. The summed E-state index contributed by atoms with van der Waals surface area (Å²) in [4.78, 5) is 6.71. The van der Waals surface area contributed by atoms with Gasteiger partial charge in [-0.2, -0.15) is 0 Å². The van der Waals surface area contributed by atoms with Crippen molar-refractivity contribution in [2.24, 2.45) is 0 Å². The Labute approximate surface area is 107 Å². The molecule has 0 radical (unpaired) electrons. The Bertz CT molecular complexity index is 516. The Balaban J connectivity index is 1.78. The molecule has 4 nitrogen and oxygen atoms in total. The van der Waals surface area contributed by atoms with E-state index < -0.39 is 0 Å². The van der Waals surface area contributed by atoms with Crippen LogP contribution < -0.4 is 10.2 Å². The largest absolute Gasteiger partial charge is 0.464 e. The SMILES string of the molecule is CN(CC1CCCCN1)c1nccc2occc12. The monoisotopic (exact) mass is 245 g/mol. The minimum atomic E-state index is 0.577. The van der Waals surface area contributed by atoms with Crippen LogP contribution in [0.2, 0.25) is 0 Å². The molecule has 2 aromatic heterocycles. The van der Waals surface area contributed by atoms with Gasteiger partial charge in [0.05, 0.1) is 11.6 Å². The standard InChI is InChI=1S/C14H19N3O/c1-17(10-11-4-2-3-7-15-11)14-12-6-9-18-13(12)5-8-16-14/h5-6,8-9,11,15H,2-4,7,10H2,1H3. The lowest BCUT2D eigenvalue weighted by Gasteiger charge is -2.29. The number of hydrogen-bond acceptors (Lipinski definition) is 4. The van der Waals surface area contributed by atoms with Gasteiger partial charge in [-0.15, -0.1) is 0 Å². The van der Waals surface area contributed by atoms with Crippen LogP contribution in [0.25, 0.3) is 11.0 Å². The van der Waals surface area contributed by atoms with Gasteiger partial charge in [0.2, 0.25) is 0 Å². The zero-order chi connectivity index (χ0) is 12.4. The Morgan fingerprint density at radius 3 is 3.22 bits per heavy atom. The molecule has 1 fully saturated rings. The number of aromatic nitrogens is 1. The van der Waals surface area contributed by atoms with Crippen LogP contribution in [0.1, 0.15) is 19.3 Å². The molecule has 4 heteroatoms. The number of pyridine rings is 1. The Kier molecular flexibility index (Phi) is 3.19. The van der Waals surface area contributed by atoms with Crippen molar-refractivity contribution in [3.8, 4) is 0 Å². The highest BCUT2D eigenvalue weighted by Gasteiger charge is 2.17. The van der Waals surface area contributed by atoms with Crippen LogP contribution in [0.5, 0.6) is 0 Å². The van der Waals surface area contributed by atoms with Crippen LogP contribution in [0.15, 0.2) is 29.0 Å². The molecule has 18 heavy (non-hydrogen) atoms. The highest BCUT2D eigenvalue weighted by molar-refractivity contribution is 5.88. The molecule has 1 atom stereocenters. The van der Waals surface area contributed by atoms with Crippen molar-refractivity contribution >= 4 is 16.8 Å². The van der Waals surface area contributed by atoms with Crippen molar-refractivity contribution in [2.45, 2.75) is 25.3 Å². The average Bonchev–Trinajstić information content (AvgIpc) is 2.87. The summed E-state index contributed by atoms with van der Waals surface area (Å²) in [7, 11) is 2.10. The summed E-state index contributed by atoms with van der Waals surface area (Å²) < 4.78 is 5.42. The Morgan fingerprint density at radius 1 is 1.44 bits per heavy atom. The number of furan rings is 1. The van der Waals surface area contributed by atoms with Gasteiger partial charge in [0.15, 0.2) is 0 Å². The molecule has 0 aliphatic carbocycles. The molecule has 0 saturated carbocycles. The van der Waals surface area contributed by atoms with Crippen LogP contribution in [-0.4, -0.2) is 31.2 Å². The normalized spacial score (nSPS) is 20.2. The van der Waals surface area contributed by atoms with Gasteiger partial charge in [0, 0.05) is 25.8 Å². The summed E-state index contributed by atoms with van der Waals surface area (Å²) in [5.41, 5.74) is 0.906. The topological polar surface area (TPSA) is 41.3 Å². The highest BCUT2D eigenvalue weighted by Crippen LogP contribution is 2.24. The van der Waals surface area contributed by atoms with E-state index in [2.05, 4.69) is 22.2 Å². The van der Waals surface area contributed by atoms with Crippen molar-refractivity contribution in [3.63, 3.8) is 0 Å². The predicted octanol–water partition coefficient (Wildman–Crippen LogP) is 2.41. The highest BCUT2D eigenvalue weighted by atomic mass is 16.3. The fourth-order valence-corrected chi connectivity index (χ4v) is 2.68. The Morgan fingerprint density at radius 2 is 2.39 bits per heavy atom. The number of nitrogens with one attached hydrogen (secondary N) is 1. The number of nitrogens with zero attached hydrogens (tertiary/aromatic N) is 2. The molecular formula is C14H19N3O. The first kappa shape index (κ1) is 11.5. The molecule has 2 aromatic rings. The zero-order valence-corrected chi connectivity index (χ0v) is 10.7. The Hall–Kier alpha value is -1.55. The third-order valence-corrected chi connectivity index (χ3v) is 3.63. The molecule has 1 aliphatic heterocycles.